The largest absolute Gasteiger partial charge is 0.356 e. The summed E-state index contributed by atoms with van der Waals surface area (Å²) in [6.07, 6.45) is 5.45. The van der Waals surface area contributed by atoms with Gasteiger partial charge in [-0.25, -0.2) is 0 Å². The number of aromatic amines is 1. The first kappa shape index (κ1) is 20.4. The van der Waals surface area contributed by atoms with Crippen molar-refractivity contribution in [1.29, 1.82) is 0 Å². The lowest BCUT2D eigenvalue weighted by Crippen LogP contribution is -2.40. The van der Waals surface area contributed by atoms with Gasteiger partial charge in [-0.05, 0) is 66.3 Å². The summed E-state index contributed by atoms with van der Waals surface area (Å²) in [5.41, 5.74) is 4.87. The lowest BCUT2D eigenvalue weighted by Gasteiger charge is -2.36. The van der Waals surface area contributed by atoms with Gasteiger partial charge in [-0.2, -0.15) is 0 Å². The Bertz CT molecular complexity index is 1180. The molecule has 0 fully saturated rings. The number of amides is 1. The van der Waals surface area contributed by atoms with E-state index in [2.05, 4.69) is 82.2 Å². The molecule has 1 aliphatic rings. The Hall–Kier alpha value is -2.50. The minimum atomic E-state index is -0.0544. The van der Waals surface area contributed by atoms with Gasteiger partial charge >= 0.3 is 0 Å². The molecule has 0 radical (unpaired) electrons. The van der Waals surface area contributed by atoms with Crippen molar-refractivity contribution in [2.75, 3.05) is 12.8 Å². The van der Waals surface area contributed by atoms with E-state index in [1.165, 1.54) is 32.0 Å². The van der Waals surface area contributed by atoms with Gasteiger partial charge in [0.15, 0.2) is 0 Å². The summed E-state index contributed by atoms with van der Waals surface area (Å²) in [6, 6.07) is 21.4. The molecule has 0 spiro atoms. The van der Waals surface area contributed by atoms with E-state index in [1.54, 1.807) is 23.1 Å². The number of hydrogen-bond acceptors (Lipinski definition) is 3. The van der Waals surface area contributed by atoms with Gasteiger partial charge in [0, 0.05) is 39.3 Å². The second kappa shape index (κ2) is 8.93. The molecule has 1 atom stereocenters. The van der Waals surface area contributed by atoms with E-state index in [0.29, 0.717) is 6.42 Å². The van der Waals surface area contributed by atoms with Gasteiger partial charge in [-0.15, -0.1) is 23.1 Å². The zero-order valence-electron chi connectivity index (χ0n) is 17.6. The molecule has 5 rings (SSSR count). The second-order valence-electron chi connectivity index (χ2n) is 8.01. The van der Waals surface area contributed by atoms with Crippen molar-refractivity contribution in [3.63, 3.8) is 0 Å². The number of para-hydroxylation sites is 1. The fraction of sp³-hybridized carbons (Fsp3) is 0.269. The van der Waals surface area contributed by atoms with E-state index < -0.39 is 0 Å². The number of fused-ring (bicyclic) bond motifs is 3. The third-order valence-electron chi connectivity index (χ3n) is 6.18. The Kier molecular flexibility index (Phi) is 5.88. The van der Waals surface area contributed by atoms with E-state index in [9.17, 15) is 4.79 Å². The van der Waals surface area contributed by atoms with Crippen molar-refractivity contribution in [2.24, 2.45) is 0 Å². The molecule has 2 aromatic carbocycles. The summed E-state index contributed by atoms with van der Waals surface area (Å²) < 4.78 is 0. The van der Waals surface area contributed by atoms with Gasteiger partial charge in [0.1, 0.15) is 0 Å². The van der Waals surface area contributed by atoms with Crippen LogP contribution < -0.4 is 0 Å². The van der Waals surface area contributed by atoms with Crippen LogP contribution in [0.4, 0.5) is 0 Å². The third kappa shape index (κ3) is 4.04. The maximum Gasteiger partial charge on any atom is 0.223 e. The zero-order chi connectivity index (χ0) is 21.2. The first-order valence-electron chi connectivity index (χ1n) is 10.8. The van der Waals surface area contributed by atoms with Gasteiger partial charge in [0.2, 0.25) is 5.91 Å². The predicted molar refractivity (Wildman–Crippen MR) is 131 cm³/mol. The van der Waals surface area contributed by atoms with Crippen LogP contribution in [0.3, 0.4) is 0 Å². The lowest BCUT2D eigenvalue weighted by atomic mass is 9.92. The summed E-state index contributed by atoms with van der Waals surface area (Å²) in [5.74, 6) is 0.250. The molecular formula is C26H26N2OS2. The molecule has 0 bridgehead atoms. The summed E-state index contributed by atoms with van der Waals surface area (Å²) in [7, 11) is 0. The highest BCUT2D eigenvalue weighted by Gasteiger charge is 2.34. The molecular weight excluding hydrogens is 420 g/mol. The fourth-order valence-electron chi connectivity index (χ4n) is 4.65. The molecule has 2 aromatic heterocycles. The molecule has 0 aliphatic carbocycles. The van der Waals surface area contributed by atoms with E-state index in [4.69, 9.17) is 0 Å². The van der Waals surface area contributed by atoms with Gasteiger partial charge in [0.25, 0.3) is 0 Å². The smallest absolute Gasteiger partial charge is 0.223 e. The van der Waals surface area contributed by atoms with E-state index >= 15 is 0 Å². The van der Waals surface area contributed by atoms with Gasteiger partial charge < -0.3 is 9.88 Å². The Morgan fingerprint density at radius 2 is 1.97 bits per heavy atom. The molecule has 158 valence electrons. The quantitative estimate of drug-likeness (QED) is 0.346. The minimum absolute atomic E-state index is 0.0544. The number of aryl methyl sites for hydroxylation is 1. The minimum Gasteiger partial charge on any atom is -0.356 e. The summed E-state index contributed by atoms with van der Waals surface area (Å²) in [5, 5.41) is 3.39. The van der Waals surface area contributed by atoms with Crippen LogP contribution >= 0.6 is 23.1 Å². The molecule has 0 unspecified atom stereocenters. The first-order valence-corrected chi connectivity index (χ1v) is 12.9. The highest BCUT2D eigenvalue weighted by molar-refractivity contribution is 7.98. The molecule has 1 amide bonds. The van der Waals surface area contributed by atoms with E-state index in [0.717, 1.165) is 31.3 Å². The fourth-order valence-corrected chi connectivity index (χ4v) is 5.81. The molecule has 4 aromatic rings. The topological polar surface area (TPSA) is 36.1 Å². The van der Waals surface area contributed by atoms with Crippen molar-refractivity contribution < 1.29 is 4.79 Å². The number of H-pyrrole nitrogens is 1. The molecule has 31 heavy (non-hydrogen) atoms. The maximum absolute atomic E-state index is 13.4. The van der Waals surface area contributed by atoms with Crippen LogP contribution in [0, 0.1) is 0 Å². The first-order chi connectivity index (χ1) is 15.2. The molecule has 1 aliphatic heterocycles. The van der Waals surface area contributed by atoms with E-state index in [-0.39, 0.29) is 11.9 Å². The van der Waals surface area contributed by atoms with Crippen LogP contribution in [0.25, 0.3) is 10.9 Å². The molecule has 3 nitrogen and oxygen atoms in total. The number of hydrogen-bond donors (Lipinski definition) is 1. The number of carbonyl (C=O) groups is 1. The van der Waals surface area contributed by atoms with Crippen molar-refractivity contribution >= 4 is 39.9 Å². The average Bonchev–Trinajstić information content (AvgIpc) is 3.46. The Morgan fingerprint density at radius 1 is 1.13 bits per heavy atom. The number of aromatic nitrogens is 1. The summed E-state index contributed by atoms with van der Waals surface area (Å²) >= 11 is 3.52. The Labute approximate surface area is 191 Å². The monoisotopic (exact) mass is 446 g/mol. The highest BCUT2D eigenvalue weighted by Crippen LogP contribution is 2.39. The Morgan fingerprint density at radius 3 is 2.74 bits per heavy atom. The average molecular weight is 447 g/mol. The second-order valence-corrected chi connectivity index (χ2v) is 9.92. The van der Waals surface area contributed by atoms with Crippen LogP contribution in [0.15, 0.2) is 70.9 Å². The number of benzene rings is 2. The Balaban J connectivity index is 1.46. The van der Waals surface area contributed by atoms with Crippen LogP contribution in [0.5, 0.6) is 0 Å². The predicted octanol–water partition coefficient (Wildman–Crippen LogP) is 6.45. The molecule has 0 saturated carbocycles. The third-order valence-corrected chi connectivity index (χ3v) is 7.86. The van der Waals surface area contributed by atoms with Crippen LogP contribution in [-0.4, -0.2) is 28.6 Å². The summed E-state index contributed by atoms with van der Waals surface area (Å²) in [6.45, 7) is 0.766. The summed E-state index contributed by atoms with van der Waals surface area (Å²) in [4.78, 5) is 21.7. The van der Waals surface area contributed by atoms with E-state index in [1.807, 2.05) is 0 Å². The number of thioether (sulfide) groups is 1. The number of rotatable bonds is 6. The van der Waals surface area contributed by atoms with Gasteiger partial charge in [-0.3, -0.25) is 4.79 Å². The van der Waals surface area contributed by atoms with Crippen molar-refractivity contribution in [1.82, 2.24) is 9.88 Å². The van der Waals surface area contributed by atoms with Crippen LogP contribution in [0.2, 0.25) is 0 Å². The highest BCUT2D eigenvalue weighted by atomic mass is 32.2. The number of nitrogens with one attached hydrogen (secondary N) is 1. The lowest BCUT2D eigenvalue weighted by molar-refractivity contribution is -0.133. The maximum atomic E-state index is 13.4. The van der Waals surface area contributed by atoms with Gasteiger partial charge in [-0.1, -0.05) is 36.4 Å². The van der Waals surface area contributed by atoms with Crippen LogP contribution in [0.1, 0.15) is 40.6 Å². The molecule has 5 heteroatoms. The molecule has 1 N–H and O–H groups in total. The number of thiophene rings is 1. The molecule has 0 saturated heterocycles. The molecule has 3 heterocycles. The van der Waals surface area contributed by atoms with Crippen molar-refractivity contribution in [2.45, 2.75) is 36.6 Å². The SMILES string of the molecule is CSc1ccc([C@@H]2c3[nH]c4ccccc4c3CCN2C(=O)CCCc2cccs2)cc1. The van der Waals surface area contributed by atoms with Crippen molar-refractivity contribution in [3.05, 3.63) is 87.7 Å². The number of carbonyl (C=O) groups excluding carboxylic acids is 1. The van der Waals surface area contributed by atoms with Crippen molar-refractivity contribution in [3.8, 4) is 0 Å². The zero-order valence-corrected chi connectivity index (χ0v) is 19.3. The standard InChI is InChI=1S/C26H26N2OS2/c1-30-19-13-11-18(12-14-19)26-25-22(21-8-2-3-9-23(21)27-25)15-16-28(26)24(29)10-4-6-20-7-5-17-31-20/h2-3,5,7-9,11-14,17,26-27H,4,6,10,15-16H2,1H3/t26-/m1/s1. The van der Waals surface area contributed by atoms with Crippen LogP contribution in [-0.2, 0) is 17.6 Å². The van der Waals surface area contributed by atoms with Gasteiger partial charge in [0.05, 0.1) is 6.04 Å². The normalized spacial score (nSPS) is 15.9. The number of nitrogens with zero attached hydrogens (tertiary/aromatic N) is 1.